The van der Waals surface area contributed by atoms with Crippen LogP contribution >= 0.6 is 0 Å². The van der Waals surface area contributed by atoms with Gasteiger partial charge in [0.25, 0.3) is 0 Å². The van der Waals surface area contributed by atoms with Gasteiger partial charge in [-0.05, 0) is 18.6 Å². The fraction of sp³-hybridized carbons (Fsp3) is 0.143. The molecule has 0 aliphatic carbocycles. The number of rotatable bonds is 3. The standard InChI is InChI=1S/C14H15NO2/c1-4-11-13(16)12(14(15-3)17-11)10-7-5-6-9(2)8-10/h4-8,15-16H,1H2,2-3H3. The summed E-state index contributed by atoms with van der Waals surface area (Å²) in [4.78, 5) is 0. The average Bonchev–Trinajstić information content (AvgIpc) is 2.65. The van der Waals surface area contributed by atoms with Gasteiger partial charge in [0.2, 0.25) is 5.88 Å². The van der Waals surface area contributed by atoms with Gasteiger partial charge in [0.1, 0.15) is 0 Å². The molecule has 0 aliphatic heterocycles. The van der Waals surface area contributed by atoms with Crippen LogP contribution in [0, 0.1) is 6.92 Å². The van der Waals surface area contributed by atoms with Gasteiger partial charge >= 0.3 is 0 Å². The molecule has 2 aromatic rings. The van der Waals surface area contributed by atoms with Crippen LogP contribution in [-0.4, -0.2) is 12.2 Å². The summed E-state index contributed by atoms with van der Waals surface area (Å²) in [5, 5.41) is 13.0. The van der Waals surface area contributed by atoms with Crippen molar-refractivity contribution >= 4 is 12.0 Å². The van der Waals surface area contributed by atoms with Gasteiger partial charge in [-0.3, -0.25) is 0 Å². The first kappa shape index (κ1) is 11.3. The highest BCUT2D eigenvalue weighted by atomic mass is 16.4. The molecule has 1 aromatic heterocycles. The molecule has 0 fully saturated rings. The zero-order valence-corrected chi connectivity index (χ0v) is 9.95. The first-order valence-corrected chi connectivity index (χ1v) is 5.40. The number of aromatic hydroxyl groups is 1. The molecule has 1 heterocycles. The van der Waals surface area contributed by atoms with Crippen molar-refractivity contribution in [2.45, 2.75) is 6.92 Å². The van der Waals surface area contributed by atoms with Crippen molar-refractivity contribution in [2.75, 3.05) is 12.4 Å². The molecule has 0 atom stereocenters. The van der Waals surface area contributed by atoms with E-state index in [2.05, 4.69) is 11.9 Å². The predicted octanol–water partition coefficient (Wildman–Crippen LogP) is 3.65. The number of furan rings is 1. The van der Waals surface area contributed by atoms with Crippen LogP contribution in [0.2, 0.25) is 0 Å². The number of nitrogens with one attached hydrogen (secondary N) is 1. The summed E-state index contributed by atoms with van der Waals surface area (Å²) in [5.41, 5.74) is 2.72. The molecule has 0 saturated heterocycles. The summed E-state index contributed by atoms with van der Waals surface area (Å²) in [6.45, 7) is 5.62. The highest BCUT2D eigenvalue weighted by Crippen LogP contribution is 2.41. The molecule has 3 heteroatoms. The molecule has 0 amide bonds. The van der Waals surface area contributed by atoms with Crippen molar-refractivity contribution in [1.29, 1.82) is 0 Å². The first-order chi connectivity index (χ1) is 8.17. The van der Waals surface area contributed by atoms with Crippen LogP contribution in [0.3, 0.4) is 0 Å². The van der Waals surface area contributed by atoms with Gasteiger partial charge in [-0.25, -0.2) is 0 Å². The molecule has 0 unspecified atom stereocenters. The first-order valence-electron chi connectivity index (χ1n) is 5.40. The van der Waals surface area contributed by atoms with Crippen molar-refractivity contribution in [3.8, 4) is 16.9 Å². The molecule has 17 heavy (non-hydrogen) atoms. The van der Waals surface area contributed by atoms with Crippen molar-refractivity contribution < 1.29 is 9.52 Å². The Morgan fingerprint density at radius 1 is 1.41 bits per heavy atom. The molecule has 3 nitrogen and oxygen atoms in total. The Hall–Kier alpha value is -2.16. The highest BCUT2D eigenvalue weighted by molar-refractivity contribution is 5.83. The van der Waals surface area contributed by atoms with Crippen LogP contribution < -0.4 is 5.32 Å². The topological polar surface area (TPSA) is 45.4 Å². The molecule has 0 saturated carbocycles. The average molecular weight is 229 g/mol. The Kier molecular flexibility index (Phi) is 2.91. The highest BCUT2D eigenvalue weighted by Gasteiger charge is 2.18. The van der Waals surface area contributed by atoms with Gasteiger partial charge < -0.3 is 14.8 Å². The summed E-state index contributed by atoms with van der Waals surface area (Å²) in [6.07, 6.45) is 1.50. The minimum Gasteiger partial charge on any atom is -0.504 e. The zero-order chi connectivity index (χ0) is 12.4. The lowest BCUT2D eigenvalue weighted by Gasteiger charge is -2.03. The molecule has 1 aromatic carbocycles. The van der Waals surface area contributed by atoms with Gasteiger partial charge in [0.15, 0.2) is 11.5 Å². The molecule has 0 spiro atoms. The Bertz CT molecular complexity index is 555. The quantitative estimate of drug-likeness (QED) is 0.844. The van der Waals surface area contributed by atoms with Gasteiger partial charge in [0.05, 0.1) is 5.56 Å². The van der Waals surface area contributed by atoms with Crippen molar-refractivity contribution in [3.05, 3.63) is 42.2 Å². The zero-order valence-electron chi connectivity index (χ0n) is 9.95. The van der Waals surface area contributed by atoms with E-state index in [9.17, 15) is 5.11 Å². The summed E-state index contributed by atoms with van der Waals surface area (Å²) in [6, 6.07) is 7.89. The number of aryl methyl sites for hydroxylation is 1. The van der Waals surface area contributed by atoms with Gasteiger partial charge in [-0.1, -0.05) is 36.4 Å². The minimum atomic E-state index is 0.120. The number of anilines is 1. The predicted molar refractivity (Wildman–Crippen MR) is 70.2 cm³/mol. The van der Waals surface area contributed by atoms with Crippen molar-refractivity contribution in [1.82, 2.24) is 0 Å². The van der Waals surface area contributed by atoms with Crippen molar-refractivity contribution in [2.24, 2.45) is 0 Å². The van der Waals surface area contributed by atoms with Gasteiger partial charge in [-0.15, -0.1) is 0 Å². The summed E-state index contributed by atoms with van der Waals surface area (Å²) >= 11 is 0. The van der Waals surface area contributed by atoms with E-state index in [0.717, 1.165) is 11.1 Å². The number of benzene rings is 1. The number of hydrogen-bond donors (Lipinski definition) is 2. The smallest absolute Gasteiger partial charge is 0.205 e. The molecule has 0 aliphatic rings. The van der Waals surface area contributed by atoms with E-state index >= 15 is 0 Å². The van der Waals surface area contributed by atoms with E-state index in [0.29, 0.717) is 17.2 Å². The Morgan fingerprint density at radius 2 is 2.18 bits per heavy atom. The van der Waals surface area contributed by atoms with E-state index in [-0.39, 0.29) is 5.75 Å². The molecule has 0 radical (unpaired) electrons. The SMILES string of the molecule is C=Cc1oc(NC)c(-c2cccc(C)c2)c1O. The van der Waals surface area contributed by atoms with E-state index in [1.807, 2.05) is 31.2 Å². The summed E-state index contributed by atoms with van der Waals surface area (Å²) in [5.74, 6) is 1.05. The van der Waals surface area contributed by atoms with Crippen LogP contribution in [0.1, 0.15) is 11.3 Å². The fourth-order valence-corrected chi connectivity index (χ4v) is 1.82. The minimum absolute atomic E-state index is 0.120. The Labute approximate surface area is 100 Å². The van der Waals surface area contributed by atoms with Crippen LogP contribution in [0.25, 0.3) is 17.2 Å². The Balaban J connectivity index is 2.65. The maximum absolute atomic E-state index is 10.1. The molecule has 88 valence electrons. The third-order valence-corrected chi connectivity index (χ3v) is 2.63. The summed E-state index contributed by atoms with van der Waals surface area (Å²) < 4.78 is 5.46. The molecular weight excluding hydrogens is 214 g/mol. The molecular formula is C14H15NO2. The normalized spacial score (nSPS) is 10.2. The van der Waals surface area contributed by atoms with Crippen LogP contribution in [0.5, 0.6) is 5.75 Å². The van der Waals surface area contributed by atoms with Gasteiger partial charge in [0, 0.05) is 7.05 Å². The third kappa shape index (κ3) is 1.91. The lowest BCUT2D eigenvalue weighted by molar-refractivity contribution is 0.456. The largest absolute Gasteiger partial charge is 0.504 e. The maximum atomic E-state index is 10.1. The van der Waals surface area contributed by atoms with Crippen LogP contribution in [0.4, 0.5) is 5.88 Å². The second-order valence-corrected chi connectivity index (χ2v) is 3.84. The number of hydrogen-bond acceptors (Lipinski definition) is 3. The van der Waals surface area contributed by atoms with Crippen LogP contribution in [0.15, 0.2) is 35.3 Å². The van der Waals surface area contributed by atoms with E-state index < -0.39 is 0 Å². The maximum Gasteiger partial charge on any atom is 0.205 e. The van der Waals surface area contributed by atoms with E-state index in [1.54, 1.807) is 7.05 Å². The second kappa shape index (κ2) is 4.37. The molecule has 2 rings (SSSR count). The van der Waals surface area contributed by atoms with E-state index in [1.165, 1.54) is 6.08 Å². The lowest BCUT2D eigenvalue weighted by Crippen LogP contribution is -1.88. The summed E-state index contributed by atoms with van der Waals surface area (Å²) in [7, 11) is 1.75. The second-order valence-electron chi connectivity index (χ2n) is 3.84. The lowest BCUT2D eigenvalue weighted by atomic mass is 10.0. The fourth-order valence-electron chi connectivity index (χ4n) is 1.82. The monoisotopic (exact) mass is 229 g/mol. The third-order valence-electron chi connectivity index (χ3n) is 2.63. The molecule has 0 bridgehead atoms. The van der Waals surface area contributed by atoms with E-state index in [4.69, 9.17) is 4.42 Å². The van der Waals surface area contributed by atoms with Crippen molar-refractivity contribution in [3.63, 3.8) is 0 Å². The Morgan fingerprint density at radius 3 is 2.76 bits per heavy atom. The molecule has 2 N–H and O–H groups in total. The van der Waals surface area contributed by atoms with Gasteiger partial charge in [-0.2, -0.15) is 0 Å². The van der Waals surface area contributed by atoms with Crippen LogP contribution in [-0.2, 0) is 0 Å².